The summed E-state index contributed by atoms with van der Waals surface area (Å²) in [5.41, 5.74) is 7.25. The van der Waals surface area contributed by atoms with Gasteiger partial charge in [0, 0.05) is 22.7 Å². The summed E-state index contributed by atoms with van der Waals surface area (Å²) in [7, 11) is 3.85. The molecule has 190 valence electrons. The number of hydrogen-bond donors (Lipinski definition) is 1. The fourth-order valence-electron chi connectivity index (χ4n) is 5.33. The van der Waals surface area contributed by atoms with Crippen LogP contribution in [-0.2, 0) is 9.53 Å². The minimum atomic E-state index is -0.337. The predicted molar refractivity (Wildman–Crippen MR) is 142 cm³/mol. The quantitative estimate of drug-likeness (QED) is 0.446. The Bertz CT molecular complexity index is 1430. The van der Waals surface area contributed by atoms with Crippen LogP contribution in [0.3, 0.4) is 0 Å². The smallest absolute Gasteiger partial charge is 0.237 e. The summed E-state index contributed by atoms with van der Waals surface area (Å²) < 4.78 is 8.16. The van der Waals surface area contributed by atoms with Crippen LogP contribution in [0.5, 0.6) is 0 Å². The molecule has 1 N–H and O–H groups in total. The molecule has 36 heavy (non-hydrogen) atoms. The number of likely N-dealkylation sites (N-methyl/N-ethyl adjacent to an activating group) is 1. The topological polar surface area (TPSA) is 78.8 Å². The van der Waals surface area contributed by atoms with Crippen molar-refractivity contribution in [2.75, 3.05) is 33.8 Å². The highest BCUT2D eigenvalue weighted by Crippen LogP contribution is 2.38. The van der Waals surface area contributed by atoms with Gasteiger partial charge in [0.15, 0.2) is 5.65 Å². The van der Waals surface area contributed by atoms with Crippen LogP contribution in [0.15, 0.2) is 36.8 Å². The molecule has 1 aromatic carbocycles. The highest BCUT2D eigenvalue weighted by Gasteiger charge is 2.38. The van der Waals surface area contributed by atoms with Crippen LogP contribution in [0.25, 0.3) is 27.8 Å². The first-order valence-electron chi connectivity index (χ1n) is 12.6. The number of fused-ring (bicyclic) bond motifs is 2. The van der Waals surface area contributed by atoms with Crippen molar-refractivity contribution in [3.8, 4) is 11.3 Å². The first-order chi connectivity index (χ1) is 17.0. The lowest BCUT2D eigenvalue weighted by Crippen LogP contribution is -2.57. The fraction of sp³-hybridized carbons (Fsp3) is 0.464. The number of aromatic amines is 1. The number of morpholine rings is 1. The average Bonchev–Trinajstić information content (AvgIpc) is 3.42. The van der Waals surface area contributed by atoms with Crippen molar-refractivity contribution >= 4 is 22.5 Å². The van der Waals surface area contributed by atoms with Crippen molar-refractivity contribution < 1.29 is 9.53 Å². The van der Waals surface area contributed by atoms with Gasteiger partial charge in [-0.2, -0.15) is 5.10 Å². The third-order valence-corrected chi connectivity index (χ3v) is 7.13. The molecule has 0 aliphatic carbocycles. The van der Waals surface area contributed by atoms with E-state index in [1.807, 2.05) is 34.6 Å². The number of aryl methyl sites for hydroxylation is 1. The van der Waals surface area contributed by atoms with Gasteiger partial charge in [-0.3, -0.25) is 4.79 Å². The summed E-state index contributed by atoms with van der Waals surface area (Å²) in [5.74, 6) is 0.435. The van der Waals surface area contributed by atoms with E-state index >= 15 is 0 Å². The van der Waals surface area contributed by atoms with Crippen LogP contribution in [0, 0.1) is 6.92 Å². The SMILES string of the molecule is Cc1cc(-c2[nH]c3ccc(C4CN(C(=O)CN(C)C)C(C)(C)CO4)cc3c2C(C)C)cn2ncnc12. The molecule has 1 fully saturated rings. The molecule has 1 amide bonds. The Morgan fingerprint density at radius 1 is 1.28 bits per heavy atom. The Morgan fingerprint density at radius 2 is 2.06 bits per heavy atom. The Hall–Kier alpha value is -3.23. The van der Waals surface area contributed by atoms with Gasteiger partial charge in [-0.1, -0.05) is 19.9 Å². The maximum Gasteiger partial charge on any atom is 0.237 e. The van der Waals surface area contributed by atoms with E-state index in [1.165, 1.54) is 10.9 Å². The second-order valence-corrected chi connectivity index (χ2v) is 11.2. The zero-order chi connectivity index (χ0) is 25.8. The van der Waals surface area contributed by atoms with E-state index in [1.54, 1.807) is 6.33 Å². The molecular formula is C28H36N6O2. The molecule has 5 rings (SSSR count). The maximum absolute atomic E-state index is 13.0. The molecule has 1 saturated heterocycles. The summed E-state index contributed by atoms with van der Waals surface area (Å²) in [4.78, 5) is 25.0. The molecule has 3 aromatic heterocycles. The van der Waals surface area contributed by atoms with E-state index in [0.717, 1.165) is 33.5 Å². The summed E-state index contributed by atoms with van der Waals surface area (Å²) in [6.07, 6.45) is 3.46. The Balaban J connectivity index is 1.54. The van der Waals surface area contributed by atoms with Gasteiger partial charge >= 0.3 is 0 Å². The number of ether oxygens (including phenoxy) is 1. The molecule has 1 atom stereocenters. The Kier molecular flexibility index (Phi) is 6.12. The van der Waals surface area contributed by atoms with E-state index in [2.05, 4.69) is 74.0 Å². The second-order valence-electron chi connectivity index (χ2n) is 11.2. The highest BCUT2D eigenvalue weighted by molar-refractivity contribution is 5.92. The molecule has 1 aliphatic rings. The number of carbonyl (C=O) groups excluding carboxylic acids is 1. The maximum atomic E-state index is 13.0. The van der Waals surface area contributed by atoms with Crippen molar-refractivity contribution in [2.24, 2.45) is 0 Å². The van der Waals surface area contributed by atoms with E-state index in [4.69, 9.17) is 4.74 Å². The van der Waals surface area contributed by atoms with Gasteiger partial charge in [0.2, 0.25) is 5.91 Å². The molecule has 4 heterocycles. The Labute approximate surface area is 212 Å². The van der Waals surface area contributed by atoms with Gasteiger partial charge in [0.1, 0.15) is 12.4 Å². The zero-order valence-electron chi connectivity index (χ0n) is 22.3. The number of nitrogens with zero attached hydrogens (tertiary/aromatic N) is 5. The molecule has 1 unspecified atom stereocenters. The van der Waals surface area contributed by atoms with Gasteiger partial charge in [0.05, 0.1) is 30.9 Å². The van der Waals surface area contributed by atoms with Crippen LogP contribution < -0.4 is 0 Å². The van der Waals surface area contributed by atoms with Crippen LogP contribution >= 0.6 is 0 Å². The monoisotopic (exact) mass is 488 g/mol. The lowest BCUT2D eigenvalue weighted by molar-refractivity contribution is -0.155. The van der Waals surface area contributed by atoms with Crippen LogP contribution in [0.2, 0.25) is 0 Å². The van der Waals surface area contributed by atoms with Crippen LogP contribution in [-0.4, -0.2) is 74.6 Å². The number of hydrogen-bond acceptors (Lipinski definition) is 5. The molecule has 4 aromatic rings. The molecule has 0 radical (unpaired) electrons. The molecule has 0 spiro atoms. The van der Waals surface area contributed by atoms with Crippen molar-refractivity contribution in [3.05, 3.63) is 53.5 Å². The number of aromatic nitrogens is 4. The minimum Gasteiger partial charge on any atom is -0.369 e. The molecular weight excluding hydrogens is 452 g/mol. The molecule has 8 heteroatoms. The van der Waals surface area contributed by atoms with Crippen molar-refractivity contribution in [2.45, 2.75) is 52.2 Å². The van der Waals surface area contributed by atoms with Crippen LogP contribution in [0.1, 0.15) is 56.4 Å². The minimum absolute atomic E-state index is 0.130. The lowest BCUT2D eigenvalue weighted by Gasteiger charge is -2.45. The van der Waals surface area contributed by atoms with Gasteiger partial charge in [-0.05, 0) is 75.7 Å². The number of carbonyl (C=O) groups is 1. The second kappa shape index (κ2) is 9.01. The summed E-state index contributed by atoms with van der Waals surface area (Å²) in [5, 5.41) is 5.55. The number of benzene rings is 1. The van der Waals surface area contributed by atoms with Gasteiger partial charge in [-0.15, -0.1) is 0 Å². The van der Waals surface area contributed by atoms with Gasteiger partial charge in [0.25, 0.3) is 0 Å². The average molecular weight is 489 g/mol. The van der Waals surface area contributed by atoms with E-state index in [-0.39, 0.29) is 17.6 Å². The molecule has 0 saturated carbocycles. The number of nitrogens with one attached hydrogen (secondary N) is 1. The predicted octanol–water partition coefficient (Wildman–Crippen LogP) is 4.55. The summed E-state index contributed by atoms with van der Waals surface area (Å²) in [6.45, 7) is 12.1. The zero-order valence-corrected chi connectivity index (χ0v) is 22.3. The first-order valence-corrected chi connectivity index (χ1v) is 12.6. The number of H-pyrrole nitrogens is 1. The normalized spacial score (nSPS) is 18.1. The van der Waals surface area contributed by atoms with E-state index in [9.17, 15) is 4.79 Å². The van der Waals surface area contributed by atoms with Gasteiger partial charge in [-0.25, -0.2) is 9.50 Å². The standard InChI is InChI=1S/C28H36N6O2/c1-17(2)25-21-11-19(23-13-33(24(35)14-32(6)7)28(4,5)15-36-23)8-9-22(21)31-26(25)20-10-18(3)27-29-16-30-34(27)12-20/h8-12,16-17,23,31H,13-15H2,1-7H3. The third-order valence-electron chi connectivity index (χ3n) is 7.13. The number of pyridine rings is 1. The summed E-state index contributed by atoms with van der Waals surface area (Å²) in [6, 6.07) is 8.66. The van der Waals surface area contributed by atoms with E-state index in [0.29, 0.717) is 25.6 Å². The number of amides is 1. The summed E-state index contributed by atoms with van der Waals surface area (Å²) >= 11 is 0. The van der Waals surface area contributed by atoms with Crippen LogP contribution in [0.4, 0.5) is 0 Å². The van der Waals surface area contributed by atoms with Crippen molar-refractivity contribution in [1.82, 2.24) is 29.4 Å². The first kappa shape index (κ1) is 24.5. The largest absolute Gasteiger partial charge is 0.369 e. The molecule has 0 bridgehead atoms. The third kappa shape index (κ3) is 4.29. The van der Waals surface area contributed by atoms with Crippen molar-refractivity contribution in [1.29, 1.82) is 0 Å². The highest BCUT2D eigenvalue weighted by atomic mass is 16.5. The molecule has 1 aliphatic heterocycles. The van der Waals surface area contributed by atoms with Gasteiger partial charge < -0.3 is 19.5 Å². The Morgan fingerprint density at radius 3 is 2.78 bits per heavy atom. The molecule has 8 nitrogen and oxygen atoms in total. The fourth-order valence-corrected chi connectivity index (χ4v) is 5.33. The van der Waals surface area contributed by atoms with Crippen molar-refractivity contribution in [3.63, 3.8) is 0 Å². The lowest BCUT2D eigenvalue weighted by atomic mass is 9.93. The number of rotatable bonds is 5. The van der Waals surface area contributed by atoms with E-state index < -0.39 is 0 Å².